The fourth-order valence-corrected chi connectivity index (χ4v) is 3.01. The zero-order valence-electron chi connectivity index (χ0n) is 13.9. The van der Waals surface area contributed by atoms with Gasteiger partial charge in [-0.3, -0.25) is 9.48 Å². The highest BCUT2D eigenvalue weighted by atomic mass is 35.5. The van der Waals surface area contributed by atoms with Gasteiger partial charge in [0.15, 0.2) is 0 Å². The molecule has 3 rings (SSSR count). The number of aryl methyl sites for hydroxylation is 2. The number of halogens is 2. The number of ketones is 1. The summed E-state index contributed by atoms with van der Waals surface area (Å²) in [6, 6.07) is 4.76. The van der Waals surface area contributed by atoms with Crippen molar-refractivity contribution < 1.29 is 4.79 Å². The molecule has 0 aliphatic rings. The maximum Gasteiger partial charge on any atom is 0.212 e. The molecule has 128 valence electrons. The molecule has 1 aromatic carbocycles. The Morgan fingerprint density at radius 3 is 2.56 bits per heavy atom. The topological polar surface area (TPSA) is 65.6 Å². The highest BCUT2D eigenvalue weighted by molar-refractivity contribution is 6.40. The van der Waals surface area contributed by atoms with Crippen molar-refractivity contribution in [1.29, 1.82) is 0 Å². The number of carbonyl (C=O) groups excluding carboxylic acids is 1. The van der Waals surface area contributed by atoms with Gasteiger partial charge in [-0.1, -0.05) is 23.2 Å². The molecule has 0 spiro atoms. The highest BCUT2D eigenvalue weighted by Gasteiger charge is 2.20. The Labute approximate surface area is 154 Å². The quantitative estimate of drug-likeness (QED) is 0.513. The monoisotopic (exact) mass is 375 g/mol. The van der Waals surface area contributed by atoms with Crippen LogP contribution >= 0.6 is 23.2 Å². The molecule has 8 heteroatoms. The predicted molar refractivity (Wildman–Crippen MR) is 97.7 cm³/mol. The Bertz CT molecular complexity index is 973. The van der Waals surface area contributed by atoms with Crippen molar-refractivity contribution in [2.75, 3.05) is 0 Å². The molecule has 0 fully saturated rings. The van der Waals surface area contributed by atoms with Gasteiger partial charge < -0.3 is 0 Å². The zero-order valence-corrected chi connectivity index (χ0v) is 15.4. The van der Waals surface area contributed by atoms with Gasteiger partial charge in [0.2, 0.25) is 5.78 Å². The Balaban J connectivity index is 2.16. The minimum absolute atomic E-state index is 0.281. The number of benzene rings is 1. The van der Waals surface area contributed by atoms with Crippen LogP contribution in [0.1, 0.15) is 27.3 Å². The Morgan fingerprint density at radius 1 is 1.24 bits per heavy atom. The molecule has 0 aliphatic carbocycles. The van der Waals surface area contributed by atoms with Crippen LogP contribution in [0.5, 0.6) is 0 Å². The van der Waals surface area contributed by atoms with Crippen LogP contribution in [0.25, 0.3) is 11.8 Å². The number of carbonyl (C=O) groups is 1. The van der Waals surface area contributed by atoms with Crippen LogP contribution in [0.4, 0.5) is 0 Å². The highest BCUT2D eigenvalue weighted by Crippen LogP contribution is 2.26. The number of nitrogens with zero attached hydrogens (tertiary/aromatic N) is 5. The summed E-state index contributed by atoms with van der Waals surface area (Å²) in [7, 11) is 1.85. The van der Waals surface area contributed by atoms with E-state index in [1.165, 1.54) is 23.4 Å². The molecule has 0 aliphatic heterocycles. The standard InChI is InChI=1S/C17H15Cl2N5O/c1-10-14(11(2)23(3)22-10)7-16(24-9-20-8-21-24)17(25)13-5-4-12(18)6-15(13)19/h4-9H,1-3H3. The summed E-state index contributed by atoms with van der Waals surface area (Å²) in [4.78, 5) is 17.0. The van der Waals surface area contributed by atoms with Gasteiger partial charge in [-0.05, 0) is 38.1 Å². The van der Waals surface area contributed by atoms with Crippen molar-refractivity contribution in [3.8, 4) is 0 Å². The normalized spacial score (nSPS) is 11.8. The fraction of sp³-hybridized carbons (Fsp3) is 0.176. The van der Waals surface area contributed by atoms with Crippen LogP contribution < -0.4 is 0 Å². The smallest absolute Gasteiger partial charge is 0.212 e. The van der Waals surface area contributed by atoms with E-state index < -0.39 is 0 Å². The van der Waals surface area contributed by atoms with Gasteiger partial charge in [0, 0.05) is 28.9 Å². The first-order valence-electron chi connectivity index (χ1n) is 7.45. The number of hydrogen-bond donors (Lipinski definition) is 0. The molecule has 0 atom stereocenters. The lowest BCUT2D eigenvalue weighted by atomic mass is 10.1. The van der Waals surface area contributed by atoms with E-state index in [1.807, 2.05) is 20.9 Å². The van der Waals surface area contributed by atoms with Crippen molar-refractivity contribution >= 4 is 40.8 Å². The minimum atomic E-state index is -0.283. The second-order valence-electron chi connectivity index (χ2n) is 5.53. The predicted octanol–water partition coefficient (Wildman–Crippen LogP) is 3.82. The number of Topliss-reactive ketones (excluding diaryl/α,β-unsaturated/α-hetero) is 1. The molecule has 2 aromatic heterocycles. The van der Waals surface area contributed by atoms with Gasteiger partial charge in [0.05, 0.1) is 10.7 Å². The van der Waals surface area contributed by atoms with E-state index in [-0.39, 0.29) is 10.8 Å². The van der Waals surface area contributed by atoms with Crippen LogP contribution in [0, 0.1) is 13.8 Å². The molecule has 0 radical (unpaired) electrons. The third-order valence-electron chi connectivity index (χ3n) is 3.92. The Morgan fingerprint density at radius 2 is 2.00 bits per heavy atom. The van der Waals surface area contributed by atoms with E-state index in [1.54, 1.807) is 22.9 Å². The summed E-state index contributed by atoms with van der Waals surface area (Å²) in [6.07, 6.45) is 4.59. The first kappa shape index (κ1) is 17.4. The average molecular weight is 376 g/mol. The summed E-state index contributed by atoms with van der Waals surface area (Å²) in [5.74, 6) is -0.283. The maximum absolute atomic E-state index is 13.1. The minimum Gasteiger partial charge on any atom is -0.287 e. The molecule has 2 heterocycles. The first-order valence-corrected chi connectivity index (χ1v) is 8.20. The lowest BCUT2D eigenvalue weighted by Gasteiger charge is -2.09. The number of allylic oxidation sites excluding steroid dienone is 1. The van der Waals surface area contributed by atoms with E-state index in [2.05, 4.69) is 15.2 Å². The lowest BCUT2D eigenvalue weighted by molar-refractivity contribution is 0.105. The Hall–Kier alpha value is -2.44. The van der Waals surface area contributed by atoms with Gasteiger partial charge in [-0.15, -0.1) is 0 Å². The van der Waals surface area contributed by atoms with Crippen LogP contribution in [0.2, 0.25) is 10.0 Å². The fourth-order valence-electron chi connectivity index (χ4n) is 2.52. The molecule has 6 nitrogen and oxygen atoms in total. The summed E-state index contributed by atoms with van der Waals surface area (Å²) >= 11 is 12.1. The zero-order chi connectivity index (χ0) is 18.1. The number of rotatable bonds is 4. The van der Waals surface area contributed by atoms with Gasteiger partial charge in [-0.25, -0.2) is 9.67 Å². The second-order valence-corrected chi connectivity index (χ2v) is 6.37. The average Bonchev–Trinajstić information content (AvgIpc) is 3.15. The molecule has 0 unspecified atom stereocenters. The van der Waals surface area contributed by atoms with E-state index in [4.69, 9.17) is 23.2 Å². The van der Waals surface area contributed by atoms with E-state index in [9.17, 15) is 4.79 Å². The first-order chi connectivity index (χ1) is 11.9. The maximum atomic E-state index is 13.1. The van der Waals surface area contributed by atoms with Gasteiger partial charge in [-0.2, -0.15) is 10.2 Å². The lowest BCUT2D eigenvalue weighted by Crippen LogP contribution is -2.11. The molecule has 3 aromatic rings. The summed E-state index contributed by atoms with van der Waals surface area (Å²) in [5.41, 5.74) is 3.26. The van der Waals surface area contributed by atoms with Crippen molar-refractivity contribution in [3.05, 3.63) is 63.4 Å². The van der Waals surface area contributed by atoms with E-state index >= 15 is 0 Å². The van der Waals surface area contributed by atoms with Crippen molar-refractivity contribution in [3.63, 3.8) is 0 Å². The molecule has 0 bridgehead atoms. The molecule has 0 N–H and O–H groups in total. The van der Waals surface area contributed by atoms with Crippen LogP contribution in [-0.2, 0) is 7.05 Å². The van der Waals surface area contributed by atoms with Crippen molar-refractivity contribution in [1.82, 2.24) is 24.5 Å². The number of hydrogen-bond acceptors (Lipinski definition) is 4. The molecule has 25 heavy (non-hydrogen) atoms. The third-order valence-corrected chi connectivity index (χ3v) is 4.47. The Kier molecular flexibility index (Phi) is 4.74. The van der Waals surface area contributed by atoms with Gasteiger partial charge in [0.25, 0.3) is 0 Å². The summed E-state index contributed by atoms with van der Waals surface area (Å²) in [6.45, 7) is 3.82. The molecular formula is C17H15Cl2N5O. The molecule has 0 amide bonds. The second kappa shape index (κ2) is 6.82. The summed E-state index contributed by atoms with van der Waals surface area (Å²) in [5, 5.41) is 9.22. The van der Waals surface area contributed by atoms with E-state index in [0.717, 1.165) is 17.0 Å². The van der Waals surface area contributed by atoms with Crippen LogP contribution in [-0.4, -0.2) is 30.3 Å². The largest absolute Gasteiger partial charge is 0.287 e. The third kappa shape index (κ3) is 3.36. The van der Waals surface area contributed by atoms with Crippen molar-refractivity contribution in [2.45, 2.75) is 13.8 Å². The van der Waals surface area contributed by atoms with E-state index in [0.29, 0.717) is 16.3 Å². The SMILES string of the molecule is Cc1nn(C)c(C)c1C=C(C(=O)c1ccc(Cl)cc1Cl)n1cncn1. The van der Waals surface area contributed by atoms with Gasteiger partial charge >= 0.3 is 0 Å². The molecule has 0 saturated heterocycles. The van der Waals surface area contributed by atoms with Gasteiger partial charge in [0.1, 0.15) is 18.4 Å². The molecule has 0 saturated carbocycles. The van der Waals surface area contributed by atoms with Crippen molar-refractivity contribution in [2.24, 2.45) is 7.05 Å². The molecular weight excluding hydrogens is 361 g/mol. The summed E-state index contributed by atoms with van der Waals surface area (Å²) < 4.78 is 3.18. The van der Waals surface area contributed by atoms with Crippen LogP contribution in [0.3, 0.4) is 0 Å². The van der Waals surface area contributed by atoms with Crippen LogP contribution in [0.15, 0.2) is 30.9 Å². The number of aromatic nitrogens is 5.